The van der Waals surface area contributed by atoms with E-state index in [0.717, 1.165) is 17.2 Å². The first-order chi connectivity index (χ1) is 10.3. The van der Waals surface area contributed by atoms with Gasteiger partial charge in [0.05, 0.1) is 11.5 Å². The number of benzene rings is 1. The van der Waals surface area contributed by atoms with Crippen molar-refractivity contribution in [2.24, 2.45) is 5.92 Å². The lowest BCUT2D eigenvalue weighted by molar-refractivity contribution is -0.161. The third-order valence-electron chi connectivity index (χ3n) is 3.54. The highest BCUT2D eigenvalue weighted by Gasteiger charge is 2.37. The molecular weight excluding hydrogens is 297 g/mol. The topological polar surface area (TPSA) is 41.6 Å². The van der Waals surface area contributed by atoms with Crippen molar-refractivity contribution in [3.63, 3.8) is 0 Å². The molecule has 22 heavy (non-hydrogen) atoms. The SMILES string of the molecule is C=CCC1NCC1C(=O)N(C)Oc1cccc(C(F)(F)F)c1. The van der Waals surface area contributed by atoms with Gasteiger partial charge >= 0.3 is 6.18 Å². The molecule has 1 aliphatic rings. The number of nitrogens with one attached hydrogen (secondary N) is 1. The first kappa shape index (κ1) is 16.4. The maximum atomic E-state index is 12.6. The molecule has 0 radical (unpaired) electrons. The van der Waals surface area contributed by atoms with Gasteiger partial charge in [0.2, 0.25) is 0 Å². The molecule has 2 rings (SSSR count). The van der Waals surface area contributed by atoms with Crippen LogP contribution in [0.3, 0.4) is 0 Å². The maximum absolute atomic E-state index is 12.6. The summed E-state index contributed by atoms with van der Waals surface area (Å²) in [5.74, 6) is -0.560. The Morgan fingerprint density at radius 2 is 2.27 bits per heavy atom. The Morgan fingerprint density at radius 1 is 1.55 bits per heavy atom. The normalized spacial score (nSPS) is 20.9. The van der Waals surface area contributed by atoms with Gasteiger partial charge in [0.25, 0.3) is 5.91 Å². The van der Waals surface area contributed by atoms with Gasteiger partial charge in [0, 0.05) is 19.6 Å². The number of hydrogen-bond donors (Lipinski definition) is 1. The summed E-state index contributed by atoms with van der Waals surface area (Å²) in [6.45, 7) is 4.14. The van der Waals surface area contributed by atoms with E-state index in [1.54, 1.807) is 6.08 Å². The molecule has 0 bridgehead atoms. The largest absolute Gasteiger partial charge is 0.416 e. The monoisotopic (exact) mass is 314 g/mol. The molecule has 0 aromatic heterocycles. The Labute approximate surface area is 126 Å². The van der Waals surface area contributed by atoms with Crippen LogP contribution in [-0.2, 0) is 11.0 Å². The number of amides is 1. The second kappa shape index (κ2) is 6.39. The Bertz CT molecular complexity index is 560. The zero-order valence-electron chi connectivity index (χ0n) is 12.1. The Kier molecular flexibility index (Phi) is 4.75. The van der Waals surface area contributed by atoms with Crippen molar-refractivity contribution >= 4 is 5.91 Å². The summed E-state index contributed by atoms with van der Waals surface area (Å²) in [5, 5.41) is 4.09. The molecule has 0 saturated carbocycles. The lowest BCUT2D eigenvalue weighted by atomic mass is 9.88. The quantitative estimate of drug-likeness (QED) is 0.671. The summed E-state index contributed by atoms with van der Waals surface area (Å²) in [5.41, 5.74) is -0.819. The molecule has 1 fully saturated rings. The summed E-state index contributed by atoms with van der Waals surface area (Å²) >= 11 is 0. The zero-order chi connectivity index (χ0) is 16.3. The van der Waals surface area contributed by atoms with E-state index in [2.05, 4.69) is 11.9 Å². The van der Waals surface area contributed by atoms with Gasteiger partial charge < -0.3 is 10.2 Å². The molecule has 1 aliphatic heterocycles. The molecule has 2 unspecified atom stereocenters. The lowest BCUT2D eigenvalue weighted by Crippen LogP contribution is -2.59. The molecule has 1 aromatic carbocycles. The number of nitrogens with zero attached hydrogens (tertiary/aromatic N) is 1. The maximum Gasteiger partial charge on any atom is 0.416 e. The van der Waals surface area contributed by atoms with Crippen molar-refractivity contribution in [3.8, 4) is 5.75 Å². The Balaban J connectivity index is 2.01. The minimum atomic E-state index is -4.45. The summed E-state index contributed by atoms with van der Waals surface area (Å²) in [6.07, 6.45) is -2.09. The number of rotatable bonds is 5. The van der Waals surface area contributed by atoms with E-state index in [0.29, 0.717) is 13.0 Å². The molecule has 2 atom stereocenters. The third-order valence-corrected chi connectivity index (χ3v) is 3.54. The van der Waals surface area contributed by atoms with Gasteiger partial charge in [-0.2, -0.15) is 18.2 Å². The predicted molar refractivity (Wildman–Crippen MR) is 74.9 cm³/mol. The van der Waals surface area contributed by atoms with Gasteiger partial charge in [-0.05, 0) is 24.6 Å². The molecule has 1 amide bonds. The fourth-order valence-corrected chi connectivity index (χ4v) is 2.25. The van der Waals surface area contributed by atoms with Crippen molar-refractivity contribution < 1.29 is 22.8 Å². The highest BCUT2D eigenvalue weighted by Crippen LogP contribution is 2.31. The number of carbonyl (C=O) groups excluding carboxylic acids is 1. The van der Waals surface area contributed by atoms with E-state index in [9.17, 15) is 18.0 Å². The summed E-state index contributed by atoms with van der Waals surface area (Å²) in [4.78, 5) is 17.4. The van der Waals surface area contributed by atoms with Crippen LogP contribution in [0, 0.1) is 5.92 Å². The number of halogens is 3. The molecule has 1 N–H and O–H groups in total. The second-order valence-electron chi connectivity index (χ2n) is 5.10. The van der Waals surface area contributed by atoms with Gasteiger partial charge in [-0.3, -0.25) is 4.79 Å². The first-order valence-corrected chi connectivity index (χ1v) is 6.80. The first-order valence-electron chi connectivity index (χ1n) is 6.80. The van der Waals surface area contributed by atoms with Crippen molar-refractivity contribution in [3.05, 3.63) is 42.5 Å². The van der Waals surface area contributed by atoms with E-state index in [4.69, 9.17) is 4.84 Å². The predicted octanol–water partition coefficient (Wildman–Crippen LogP) is 2.62. The van der Waals surface area contributed by atoms with Gasteiger partial charge in [0.1, 0.15) is 0 Å². The van der Waals surface area contributed by atoms with Crippen LogP contribution in [0.5, 0.6) is 5.75 Å². The van der Waals surface area contributed by atoms with Crippen LogP contribution in [0.25, 0.3) is 0 Å². The molecule has 1 heterocycles. The van der Waals surface area contributed by atoms with Crippen LogP contribution < -0.4 is 10.2 Å². The molecule has 4 nitrogen and oxygen atoms in total. The minimum Gasteiger partial charge on any atom is -0.377 e. The molecular formula is C15H17F3N2O2. The van der Waals surface area contributed by atoms with Gasteiger partial charge in [-0.15, -0.1) is 6.58 Å². The summed E-state index contributed by atoms with van der Waals surface area (Å²) < 4.78 is 37.9. The smallest absolute Gasteiger partial charge is 0.377 e. The summed E-state index contributed by atoms with van der Waals surface area (Å²) in [7, 11) is 1.39. The van der Waals surface area contributed by atoms with Crippen LogP contribution >= 0.6 is 0 Å². The van der Waals surface area contributed by atoms with E-state index in [-0.39, 0.29) is 23.6 Å². The van der Waals surface area contributed by atoms with Crippen LogP contribution in [0.4, 0.5) is 13.2 Å². The average Bonchev–Trinajstić information content (AvgIpc) is 2.43. The fourth-order valence-electron chi connectivity index (χ4n) is 2.25. The highest BCUT2D eigenvalue weighted by atomic mass is 19.4. The number of carbonyl (C=O) groups is 1. The Morgan fingerprint density at radius 3 is 2.82 bits per heavy atom. The second-order valence-corrected chi connectivity index (χ2v) is 5.10. The molecule has 0 aliphatic carbocycles. The van der Waals surface area contributed by atoms with Crippen LogP contribution in [-0.4, -0.2) is 30.6 Å². The van der Waals surface area contributed by atoms with Crippen molar-refractivity contribution in [2.75, 3.05) is 13.6 Å². The fraction of sp³-hybridized carbons (Fsp3) is 0.400. The van der Waals surface area contributed by atoms with Crippen molar-refractivity contribution in [2.45, 2.75) is 18.6 Å². The van der Waals surface area contributed by atoms with Crippen LogP contribution in [0.1, 0.15) is 12.0 Å². The standard InChI is InChI=1S/C15H17F3N2O2/c1-3-5-13-12(9-19-13)14(21)20(2)22-11-7-4-6-10(8-11)15(16,17)18/h3-4,6-8,12-13,19H,1,5,9H2,2H3. The zero-order valence-corrected chi connectivity index (χ0v) is 12.1. The van der Waals surface area contributed by atoms with Crippen molar-refractivity contribution in [1.82, 2.24) is 10.4 Å². The third kappa shape index (κ3) is 3.59. The van der Waals surface area contributed by atoms with Crippen LogP contribution in [0.15, 0.2) is 36.9 Å². The van der Waals surface area contributed by atoms with Gasteiger partial charge in [0.15, 0.2) is 5.75 Å². The van der Waals surface area contributed by atoms with E-state index < -0.39 is 11.7 Å². The highest BCUT2D eigenvalue weighted by molar-refractivity contribution is 5.79. The average molecular weight is 314 g/mol. The number of hydroxylamine groups is 2. The Hall–Kier alpha value is -2.02. The molecule has 0 spiro atoms. The molecule has 120 valence electrons. The summed E-state index contributed by atoms with van der Waals surface area (Å²) in [6, 6.07) is 4.42. The van der Waals surface area contributed by atoms with E-state index >= 15 is 0 Å². The number of hydrogen-bond acceptors (Lipinski definition) is 3. The molecule has 1 saturated heterocycles. The van der Waals surface area contributed by atoms with Crippen LogP contribution in [0.2, 0.25) is 0 Å². The molecule has 1 aromatic rings. The number of alkyl halides is 3. The van der Waals surface area contributed by atoms with E-state index in [1.165, 1.54) is 19.2 Å². The lowest BCUT2D eigenvalue weighted by Gasteiger charge is -2.38. The van der Waals surface area contributed by atoms with Gasteiger partial charge in [-0.1, -0.05) is 12.1 Å². The molecule has 7 heteroatoms. The van der Waals surface area contributed by atoms with Gasteiger partial charge in [-0.25, -0.2) is 0 Å². The minimum absolute atomic E-state index is 0.00226. The van der Waals surface area contributed by atoms with Crippen molar-refractivity contribution in [1.29, 1.82) is 0 Å². The van der Waals surface area contributed by atoms with E-state index in [1.807, 2.05) is 0 Å².